The molecule has 0 aliphatic heterocycles. The van der Waals surface area contributed by atoms with Gasteiger partial charge in [0, 0.05) is 7.12 Å². The lowest BCUT2D eigenvalue weighted by Gasteiger charge is -2.23. The van der Waals surface area contributed by atoms with Crippen LogP contribution in [0.2, 0.25) is 0 Å². The molecule has 7 N–H and O–H groups in total. The van der Waals surface area contributed by atoms with E-state index >= 15 is 0 Å². The molecule has 0 spiro atoms. The highest BCUT2D eigenvalue weighted by atomic mass is 32.2. The molecule has 0 aromatic rings. The van der Waals surface area contributed by atoms with Crippen molar-refractivity contribution in [2.24, 2.45) is 5.73 Å². The summed E-state index contributed by atoms with van der Waals surface area (Å²) in [7, 11) is 2.76. The molecule has 0 unspecified atom stereocenters. The van der Waals surface area contributed by atoms with E-state index in [1.165, 1.54) is 47.0 Å². The molecule has 10 nitrogen and oxygen atoms in total. The maximum atomic E-state index is 12.1. The van der Waals surface area contributed by atoms with Gasteiger partial charge >= 0.3 is 0 Å². The maximum absolute atomic E-state index is 12.1. The Labute approximate surface area is 166 Å². The third kappa shape index (κ3) is 9.59. The number of nitrogens with one attached hydrogen (secondary N) is 4. The summed E-state index contributed by atoms with van der Waals surface area (Å²) in [6.07, 6.45) is 0.825. The van der Waals surface area contributed by atoms with Crippen LogP contribution in [0.5, 0.6) is 0 Å². The van der Waals surface area contributed by atoms with E-state index in [0.29, 0.717) is 5.75 Å². The Morgan fingerprint density at radius 3 is 1.85 bits per heavy atom. The number of hydrogen-bond acceptors (Lipinski definition) is 7. The van der Waals surface area contributed by atoms with E-state index in [0.717, 1.165) is 0 Å². The van der Waals surface area contributed by atoms with Gasteiger partial charge in [-0.3, -0.25) is 19.2 Å². The molecule has 0 radical (unpaired) electrons. The van der Waals surface area contributed by atoms with E-state index in [4.69, 9.17) is 7.10 Å². The predicted molar refractivity (Wildman–Crippen MR) is 106 cm³/mol. The molecule has 5 atom stereocenters. The van der Waals surface area contributed by atoms with E-state index < -0.39 is 53.9 Å². The lowest BCUT2D eigenvalue weighted by Crippen LogP contribution is -2.57. The molecule has 0 aliphatic rings. The molecule has 0 aliphatic carbocycles. The molecule has 27 heavy (non-hydrogen) atoms. The highest BCUT2D eigenvalue weighted by Gasteiger charge is 2.27. The molecule has 0 aromatic heterocycles. The Balaban J connectivity index is 0. The molecule has 0 bridgehead atoms. The van der Waals surface area contributed by atoms with Gasteiger partial charge in [0.05, 0.1) is 6.10 Å². The van der Waals surface area contributed by atoms with Crippen molar-refractivity contribution in [2.45, 2.75) is 58.4 Å². The lowest BCUT2D eigenvalue weighted by atomic mass is 10.1. The van der Waals surface area contributed by atoms with Crippen molar-refractivity contribution in [3.8, 4) is 0 Å². The zero-order valence-electron chi connectivity index (χ0n) is 17.7. The summed E-state index contributed by atoms with van der Waals surface area (Å²) in [5, 5.41) is 19.5. The zero-order valence-corrected chi connectivity index (χ0v) is 17.5. The van der Waals surface area contributed by atoms with Crippen molar-refractivity contribution in [3.05, 3.63) is 0 Å². The Kier molecular flexibility index (Phi) is 12.4. The van der Waals surface area contributed by atoms with Crippen LogP contribution in [0, 0.1) is 0 Å². The summed E-state index contributed by atoms with van der Waals surface area (Å²) >= 11 is 1.35. The van der Waals surface area contributed by atoms with E-state index in [1.54, 1.807) is 6.26 Å². The van der Waals surface area contributed by atoms with Crippen LogP contribution in [0.1, 0.15) is 29.5 Å². The first-order valence-corrected chi connectivity index (χ1v) is 9.49. The Bertz CT molecular complexity index is 524. The minimum absolute atomic E-state index is 0.318. The Hall–Kier alpha value is -1.85. The van der Waals surface area contributed by atoms with Gasteiger partial charge in [0.1, 0.15) is 24.2 Å². The summed E-state index contributed by atoms with van der Waals surface area (Å²) in [4.78, 5) is 47.5. The van der Waals surface area contributed by atoms with Gasteiger partial charge in [-0.2, -0.15) is 11.8 Å². The zero-order chi connectivity index (χ0) is 22.4. The van der Waals surface area contributed by atoms with E-state index in [-0.39, 0.29) is 0 Å². The number of aliphatic hydroxyl groups is 1. The summed E-state index contributed by atoms with van der Waals surface area (Å²) in [5.74, 6) is -2.04. The van der Waals surface area contributed by atoms with Crippen LogP contribution in [-0.4, -0.2) is 78.1 Å². The average Bonchev–Trinajstić information content (AvgIpc) is 2.62. The van der Waals surface area contributed by atoms with Gasteiger partial charge in [0.15, 0.2) is 0 Å². The molecule has 158 valence electrons. The fraction of sp³-hybridized carbons (Fsp3) is 0.750. The van der Waals surface area contributed by atoms with Crippen LogP contribution in [0.15, 0.2) is 0 Å². The molecule has 0 heterocycles. The van der Waals surface area contributed by atoms with Crippen molar-refractivity contribution in [1.29, 1.82) is 0 Å². The highest BCUT2D eigenvalue weighted by molar-refractivity contribution is 7.98. The quantitative estimate of drug-likeness (QED) is 0.229. The first kappa shape index (κ1) is 25.1. The van der Waals surface area contributed by atoms with Crippen molar-refractivity contribution in [2.75, 3.05) is 19.1 Å². The molecule has 11 heteroatoms. The number of thioether (sulfide) groups is 1. The number of hydrogen-bond donors (Lipinski definition) is 6. The minimum Gasteiger partial charge on any atom is -0.391 e. The number of amides is 4. The van der Waals surface area contributed by atoms with E-state index in [9.17, 15) is 24.3 Å². The van der Waals surface area contributed by atoms with Gasteiger partial charge in [-0.15, -0.1) is 0 Å². The lowest BCUT2D eigenvalue weighted by molar-refractivity contribution is -0.133. The van der Waals surface area contributed by atoms with Gasteiger partial charge in [0.2, 0.25) is 23.6 Å². The standard InChI is InChI=1S/C15H29N5O5S.CH4/c1-7(19-15(25)11(17-4)9(3)21)13(23)18-8(2)14(24)20-10(6-26-5)12(16)22;/h7-11,17,21H,6H2,1-5H3,(H2,16,22)(H,18,23)(H,19,25)(H,20,24);1H4/t7-,8-,9+,10-,11-;/m0./s1/i;1D. The fourth-order valence-corrected chi connectivity index (χ4v) is 2.60. The molecule has 4 amide bonds. The molecular formula is C16H33N5O5S. The summed E-state index contributed by atoms with van der Waals surface area (Å²) in [6.45, 7) is 4.35. The van der Waals surface area contributed by atoms with Crippen molar-refractivity contribution < 1.29 is 25.7 Å². The van der Waals surface area contributed by atoms with E-state index in [1.807, 2.05) is 0 Å². The molecule has 0 fully saturated rings. The van der Waals surface area contributed by atoms with Gasteiger partial charge < -0.3 is 32.1 Å². The van der Waals surface area contributed by atoms with Gasteiger partial charge in [-0.25, -0.2) is 0 Å². The first-order chi connectivity index (χ1) is 13.0. The van der Waals surface area contributed by atoms with Gasteiger partial charge in [-0.05, 0) is 34.1 Å². The second-order valence-electron chi connectivity index (χ2n) is 5.89. The van der Waals surface area contributed by atoms with Crippen LogP contribution in [0.4, 0.5) is 0 Å². The second-order valence-corrected chi connectivity index (χ2v) is 6.80. The van der Waals surface area contributed by atoms with Crippen LogP contribution >= 0.6 is 11.8 Å². The molecule has 0 saturated carbocycles. The largest absolute Gasteiger partial charge is 0.391 e. The monoisotopic (exact) mass is 408 g/mol. The van der Waals surface area contributed by atoms with Crippen LogP contribution in [-0.2, 0) is 19.2 Å². The normalized spacial score (nSPS) is 16.2. The Morgan fingerprint density at radius 1 is 1.04 bits per heavy atom. The summed E-state index contributed by atoms with van der Waals surface area (Å²) in [5.41, 5.74) is 5.21. The summed E-state index contributed by atoms with van der Waals surface area (Å²) in [6, 6.07) is -3.56. The van der Waals surface area contributed by atoms with Crippen LogP contribution < -0.4 is 27.0 Å². The first-order valence-electron chi connectivity index (χ1n) is 9.09. The Morgan fingerprint density at radius 2 is 1.48 bits per heavy atom. The average molecular weight is 409 g/mol. The minimum atomic E-state index is -0.942. The van der Waals surface area contributed by atoms with Crippen molar-refractivity contribution in [3.63, 3.8) is 0 Å². The van der Waals surface area contributed by atoms with Gasteiger partial charge in [-0.1, -0.05) is 7.40 Å². The molecule has 0 rings (SSSR count). The molecule has 0 saturated heterocycles. The topological polar surface area (TPSA) is 163 Å². The van der Waals surface area contributed by atoms with Crippen molar-refractivity contribution >= 4 is 35.4 Å². The number of rotatable bonds is 11. The molecular weight excluding hydrogens is 374 g/mol. The molecule has 0 aromatic carbocycles. The summed E-state index contributed by atoms with van der Waals surface area (Å²) < 4.78 is 5.75. The fourth-order valence-electron chi connectivity index (χ4n) is 2.02. The smallest absolute Gasteiger partial charge is 0.242 e. The second kappa shape index (κ2) is 13.3. The highest BCUT2D eigenvalue weighted by Crippen LogP contribution is 1.98. The van der Waals surface area contributed by atoms with Crippen molar-refractivity contribution in [1.82, 2.24) is 21.3 Å². The third-order valence-corrected chi connectivity index (χ3v) is 4.24. The SMILES string of the molecule is CN[C@H](C(=O)N[C@@H](C)C(=O)N[C@@H](C)C(=O)N[C@@H](CSC)C(N)=O)[C@@H](C)O.[2H]C. The number of aliphatic hydroxyl groups excluding tert-OH is 1. The third-order valence-electron chi connectivity index (χ3n) is 3.57. The number of primary amides is 1. The number of nitrogens with two attached hydrogens (primary N) is 1. The van der Waals surface area contributed by atoms with Gasteiger partial charge in [0.25, 0.3) is 0 Å². The predicted octanol–water partition coefficient (Wildman–Crippen LogP) is -2.07. The van der Waals surface area contributed by atoms with Crippen LogP contribution in [0.3, 0.4) is 0 Å². The number of carbonyl (C=O) groups excluding carboxylic acids is 4. The maximum Gasteiger partial charge on any atom is 0.242 e. The number of likely N-dealkylation sites (N-methyl/N-ethyl adjacent to an activating group) is 1. The van der Waals surface area contributed by atoms with E-state index in [2.05, 4.69) is 21.3 Å². The van der Waals surface area contributed by atoms with Crippen LogP contribution in [0.25, 0.3) is 0 Å². The number of carbonyl (C=O) groups is 4.